The van der Waals surface area contributed by atoms with E-state index in [2.05, 4.69) is 16.0 Å². The van der Waals surface area contributed by atoms with Crippen LogP contribution in [0.15, 0.2) is 42.5 Å². The molecular formula is C24H29N3O7. The fraction of sp³-hybridized carbons (Fsp3) is 0.417. The van der Waals surface area contributed by atoms with Crippen molar-refractivity contribution in [2.45, 2.75) is 44.1 Å². The van der Waals surface area contributed by atoms with Gasteiger partial charge in [0.2, 0.25) is 12.7 Å². The zero-order valence-electron chi connectivity index (χ0n) is 18.9. The van der Waals surface area contributed by atoms with E-state index in [-0.39, 0.29) is 37.9 Å². The Morgan fingerprint density at radius 3 is 2.65 bits per heavy atom. The highest BCUT2D eigenvalue weighted by molar-refractivity contribution is 5.90. The summed E-state index contributed by atoms with van der Waals surface area (Å²) in [5.74, 6) is 1.82. The van der Waals surface area contributed by atoms with Crippen LogP contribution in [0.1, 0.15) is 24.8 Å². The van der Waals surface area contributed by atoms with Gasteiger partial charge in [-0.2, -0.15) is 0 Å². The van der Waals surface area contributed by atoms with Gasteiger partial charge in [-0.3, -0.25) is 4.79 Å². The number of urea groups is 1. The number of fused-ring (bicyclic) bond motifs is 1. The van der Waals surface area contributed by atoms with Gasteiger partial charge in [0.15, 0.2) is 11.5 Å². The number of aliphatic hydroxyl groups excluding tert-OH is 1. The maximum atomic E-state index is 12.5. The first kappa shape index (κ1) is 23.7. The highest BCUT2D eigenvalue weighted by Gasteiger charge is 2.33. The molecule has 4 rings (SSSR count). The van der Waals surface area contributed by atoms with Gasteiger partial charge in [0.05, 0.1) is 32.3 Å². The molecule has 182 valence electrons. The van der Waals surface area contributed by atoms with Crippen molar-refractivity contribution < 1.29 is 33.6 Å². The van der Waals surface area contributed by atoms with Gasteiger partial charge in [-0.25, -0.2) is 4.79 Å². The lowest BCUT2D eigenvalue weighted by molar-refractivity contribution is -0.130. The summed E-state index contributed by atoms with van der Waals surface area (Å²) in [6.45, 7) is 0.297. The van der Waals surface area contributed by atoms with E-state index in [4.69, 9.17) is 18.9 Å². The Bertz CT molecular complexity index is 999. The lowest BCUT2D eigenvalue weighted by Crippen LogP contribution is -2.52. The van der Waals surface area contributed by atoms with Gasteiger partial charge < -0.3 is 40.0 Å². The zero-order valence-corrected chi connectivity index (χ0v) is 18.9. The van der Waals surface area contributed by atoms with Crippen LogP contribution in [0.25, 0.3) is 0 Å². The van der Waals surface area contributed by atoms with Gasteiger partial charge in [-0.15, -0.1) is 0 Å². The lowest BCUT2D eigenvalue weighted by Gasteiger charge is -2.35. The van der Waals surface area contributed by atoms with E-state index in [1.807, 2.05) is 24.3 Å². The first-order chi connectivity index (χ1) is 16.5. The topological polar surface area (TPSA) is 127 Å². The Morgan fingerprint density at radius 2 is 1.88 bits per heavy atom. The number of aliphatic hydroxyl groups is 1. The highest BCUT2D eigenvalue weighted by atomic mass is 16.7. The van der Waals surface area contributed by atoms with Gasteiger partial charge in [0, 0.05) is 18.3 Å². The number of ether oxygens (including phenoxy) is 4. The standard InChI is InChI=1S/C24H29N3O7/c1-31-17-5-2-15(3-6-17)12-25-23(29)11-18-7-8-19(22(13-28)34-18)27-24(30)26-16-4-9-20-21(10-16)33-14-32-20/h2-6,9-10,18-19,22,28H,7-8,11-14H2,1H3,(H,25,29)(H2,26,27,30)/t18-,19-,22+/m0/s1. The SMILES string of the molecule is COc1ccc(CNC(=O)C[C@@H]2CC[C@H](NC(=O)Nc3ccc4c(c3)OCO4)[C@@H](CO)O2)cc1. The molecule has 10 heteroatoms. The van der Waals surface area contributed by atoms with Gasteiger partial charge in [-0.1, -0.05) is 12.1 Å². The quantitative estimate of drug-likeness (QED) is 0.465. The summed E-state index contributed by atoms with van der Waals surface area (Å²) in [7, 11) is 1.60. The monoisotopic (exact) mass is 471 g/mol. The Balaban J connectivity index is 1.22. The molecule has 2 aliphatic heterocycles. The molecule has 2 aromatic carbocycles. The molecule has 0 bridgehead atoms. The third-order valence-electron chi connectivity index (χ3n) is 5.80. The van der Waals surface area contributed by atoms with Crippen LogP contribution < -0.4 is 30.2 Å². The van der Waals surface area contributed by atoms with Crippen LogP contribution in [0.3, 0.4) is 0 Å². The molecule has 0 aliphatic carbocycles. The van der Waals surface area contributed by atoms with Crippen molar-refractivity contribution in [2.75, 3.05) is 25.8 Å². The third-order valence-corrected chi connectivity index (χ3v) is 5.80. The van der Waals surface area contributed by atoms with Gasteiger partial charge in [-0.05, 0) is 42.7 Å². The fourth-order valence-electron chi connectivity index (χ4n) is 3.98. The molecule has 0 radical (unpaired) electrons. The molecule has 0 aromatic heterocycles. The number of hydrogen-bond donors (Lipinski definition) is 4. The lowest BCUT2D eigenvalue weighted by atomic mass is 9.97. The molecule has 4 N–H and O–H groups in total. The fourth-order valence-corrected chi connectivity index (χ4v) is 3.98. The number of hydrogen-bond acceptors (Lipinski definition) is 7. The molecule has 1 fully saturated rings. The van der Waals surface area contributed by atoms with Crippen molar-refractivity contribution in [3.05, 3.63) is 48.0 Å². The number of nitrogens with one attached hydrogen (secondary N) is 3. The molecule has 2 aliphatic rings. The van der Waals surface area contributed by atoms with E-state index < -0.39 is 12.1 Å². The smallest absolute Gasteiger partial charge is 0.319 e. The largest absolute Gasteiger partial charge is 0.497 e. The van der Waals surface area contributed by atoms with Crippen molar-refractivity contribution in [1.29, 1.82) is 0 Å². The molecule has 1 saturated heterocycles. The van der Waals surface area contributed by atoms with Crippen LogP contribution in [-0.4, -0.2) is 55.8 Å². The van der Waals surface area contributed by atoms with Crippen molar-refractivity contribution in [3.8, 4) is 17.2 Å². The number of carbonyl (C=O) groups excluding carboxylic acids is 2. The van der Waals surface area contributed by atoms with Gasteiger partial charge in [0.1, 0.15) is 11.9 Å². The summed E-state index contributed by atoms with van der Waals surface area (Å²) in [5.41, 5.74) is 1.52. The first-order valence-corrected chi connectivity index (χ1v) is 11.2. The second-order valence-corrected chi connectivity index (χ2v) is 8.16. The second kappa shape index (κ2) is 11.1. The molecule has 0 unspecified atom stereocenters. The van der Waals surface area contributed by atoms with Crippen molar-refractivity contribution >= 4 is 17.6 Å². The van der Waals surface area contributed by atoms with Crippen molar-refractivity contribution in [2.24, 2.45) is 0 Å². The number of methoxy groups -OCH3 is 1. The maximum absolute atomic E-state index is 12.5. The molecule has 34 heavy (non-hydrogen) atoms. The Kier molecular flexibility index (Phi) is 7.71. The molecule has 2 heterocycles. The van der Waals surface area contributed by atoms with Crippen LogP contribution in [-0.2, 0) is 16.1 Å². The number of anilines is 1. The van der Waals surface area contributed by atoms with Crippen LogP contribution in [0.4, 0.5) is 10.5 Å². The Hall–Kier alpha value is -3.50. The number of rotatable bonds is 8. The molecule has 0 saturated carbocycles. The Morgan fingerprint density at radius 1 is 1.09 bits per heavy atom. The molecule has 0 spiro atoms. The van der Waals surface area contributed by atoms with E-state index in [0.29, 0.717) is 36.6 Å². The number of carbonyl (C=O) groups is 2. The zero-order chi connectivity index (χ0) is 23.9. The predicted molar refractivity (Wildman–Crippen MR) is 123 cm³/mol. The molecule has 3 atom stereocenters. The van der Waals surface area contributed by atoms with E-state index in [9.17, 15) is 14.7 Å². The third kappa shape index (κ3) is 6.09. The second-order valence-electron chi connectivity index (χ2n) is 8.16. The summed E-state index contributed by atoms with van der Waals surface area (Å²) < 4.78 is 21.6. The normalized spacial score (nSPS) is 20.9. The summed E-state index contributed by atoms with van der Waals surface area (Å²) in [6.07, 6.45) is 0.416. The average molecular weight is 472 g/mol. The van der Waals surface area contributed by atoms with Crippen LogP contribution in [0.5, 0.6) is 17.2 Å². The molecule has 2 aromatic rings. The molecular weight excluding hydrogens is 442 g/mol. The Labute approximate surface area is 197 Å². The number of benzene rings is 2. The van der Waals surface area contributed by atoms with Crippen LogP contribution >= 0.6 is 0 Å². The minimum absolute atomic E-state index is 0.135. The first-order valence-electron chi connectivity index (χ1n) is 11.2. The van der Waals surface area contributed by atoms with E-state index >= 15 is 0 Å². The summed E-state index contributed by atoms with van der Waals surface area (Å²) in [6, 6.07) is 11.8. The van der Waals surface area contributed by atoms with Gasteiger partial charge in [0.25, 0.3) is 0 Å². The van der Waals surface area contributed by atoms with Crippen LogP contribution in [0, 0.1) is 0 Å². The van der Waals surface area contributed by atoms with E-state index in [1.165, 1.54) is 0 Å². The average Bonchev–Trinajstić information content (AvgIpc) is 3.32. The van der Waals surface area contributed by atoms with E-state index in [1.54, 1.807) is 25.3 Å². The van der Waals surface area contributed by atoms with E-state index in [0.717, 1.165) is 11.3 Å². The molecule has 10 nitrogen and oxygen atoms in total. The van der Waals surface area contributed by atoms with Crippen molar-refractivity contribution in [3.63, 3.8) is 0 Å². The minimum atomic E-state index is -0.601. The van der Waals surface area contributed by atoms with Gasteiger partial charge >= 0.3 is 6.03 Å². The summed E-state index contributed by atoms with van der Waals surface area (Å²) in [4.78, 5) is 24.8. The number of amides is 3. The highest BCUT2D eigenvalue weighted by Crippen LogP contribution is 2.34. The van der Waals surface area contributed by atoms with Crippen LogP contribution in [0.2, 0.25) is 0 Å². The summed E-state index contributed by atoms with van der Waals surface area (Å²) in [5, 5.41) is 18.3. The summed E-state index contributed by atoms with van der Waals surface area (Å²) >= 11 is 0. The maximum Gasteiger partial charge on any atom is 0.319 e. The van der Waals surface area contributed by atoms with Crippen molar-refractivity contribution in [1.82, 2.24) is 10.6 Å². The predicted octanol–water partition coefficient (Wildman–Crippen LogP) is 2.16. The minimum Gasteiger partial charge on any atom is -0.497 e. The molecule has 3 amide bonds.